The van der Waals surface area contributed by atoms with Gasteiger partial charge in [-0.15, -0.1) is 0 Å². The molecule has 0 spiro atoms. The first-order valence-electron chi connectivity index (χ1n) is 10.1. The van der Waals surface area contributed by atoms with Crippen molar-refractivity contribution in [3.05, 3.63) is 77.5 Å². The number of carbonyl (C=O) groups excluding carboxylic acids is 1. The number of alkyl halides is 3. The molecule has 6 nitrogen and oxygen atoms in total. The standard InChI is InChI=1S/C23H23F3N4O2/c1-29(14-15-7-4-3-5-8-15)22(31)18-13-27-30-20(23(24,25)26)12-19(28-21(18)30)16-9-6-10-17(11-16)32-2/h3-11,13,19-20,28H,12,14H2,1-2H3/t19-,20-/m0/s1. The number of hydrogen-bond acceptors (Lipinski definition) is 4. The van der Waals surface area contributed by atoms with Crippen LogP contribution >= 0.6 is 0 Å². The van der Waals surface area contributed by atoms with E-state index in [1.54, 1.807) is 31.3 Å². The Labute approximate surface area is 183 Å². The molecule has 2 atom stereocenters. The van der Waals surface area contributed by atoms with Gasteiger partial charge < -0.3 is 15.0 Å². The number of ether oxygens (including phenoxy) is 1. The van der Waals surface area contributed by atoms with E-state index in [4.69, 9.17) is 4.74 Å². The summed E-state index contributed by atoms with van der Waals surface area (Å²) in [5.74, 6) is 0.206. The van der Waals surface area contributed by atoms with E-state index in [2.05, 4.69) is 10.4 Å². The number of benzene rings is 2. The van der Waals surface area contributed by atoms with Crippen molar-refractivity contribution in [3.8, 4) is 5.75 Å². The van der Waals surface area contributed by atoms with Crippen LogP contribution in [0.5, 0.6) is 5.75 Å². The molecule has 2 heterocycles. The Kier molecular flexibility index (Phi) is 5.82. The molecule has 2 aromatic carbocycles. The minimum atomic E-state index is -4.52. The second kappa shape index (κ2) is 8.57. The lowest BCUT2D eigenvalue weighted by atomic mass is 9.96. The summed E-state index contributed by atoms with van der Waals surface area (Å²) in [6.45, 7) is 0.326. The van der Waals surface area contributed by atoms with Crippen molar-refractivity contribution in [2.45, 2.75) is 31.2 Å². The van der Waals surface area contributed by atoms with E-state index < -0.39 is 24.2 Å². The van der Waals surface area contributed by atoms with E-state index in [1.807, 2.05) is 30.3 Å². The van der Waals surface area contributed by atoms with Crippen LogP contribution in [0.3, 0.4) is 0 Å². The molecule has 32 heavy (non-hydrogen) atoms. The van der Waals surface area contributed by atoms with Crippen molar-refractivity contribution in [3.63, 3.8) is 0 Å². The number of anilines is 1. The normalized spacial score (nSPS) is 17.9. The first kappa shape index (κ1) is 21.7. The second-order valence-corrected chi connectivity index (χ2v) is 7.76. The number of rotatable bonds is 5. The highest BCUT2D eigenvalue weighted by molar-refractivity contribution is 5.98. The third-order valence-corrected chi connectivity index (χ3v) is 5.57. The molecule has 1 amide bonds. The van der Waals surface area contributed by atoms with Gasteiger partial charge >= 0.3 is 6.18 Å². The lowest BCUT2D eigenvalue weighted by Crippen LogP contribution is -2.36. The molecule has 1 aliphatic rings. The number of nitrogens with zero attached hydrogens (tertiary/aromatic N) is 3. The van der Waals surface area contributed by atoms with Gasteiger partial charge in [-0.3, -0.25) is 4.79 Å². The maximum absolute atomic E-state index is 13.9. The van der Waals surface area contributed by atoms with Gasteiger partial charge in [0, 0.05) is 20.0 Å². The Hall–Kier alpha value is -3.49. The van der Waals surface area contributed by atoms with Crippen molar-refractivity contribution < 1.29 is 22.7 Å². The predicted molar refractivity (Wildman–Crippen MR) is 114 cm³/mol. The summed E-state index contributed by atoms with van der Waals surface area (Å²) in [7, 11) is 3.11. The molecule has 0 fully saturated rings. The fourth-order valence-corrected chi connectivity index (χ4v) is 3.93. The maximum Gasteiger partial charge on any atom is 0.410 e. The molecule has 0 unspecified atom stereocenters. The molecule has 9 heteroatoms. The molecule has 0 saturated heterocycles. The maximum atomic E-state index is 13.9. The molecule has 4 rings (SSSR count). The SMILES string of the molecule is COc1cccc([C@@H]2C[C@@H](C(F)(F)F)n3ncc(C(=O)N(C)Cc4ccccc4)c3N2)c1. The highest BCUT2D eigenvalue weighted by Gasteiger charge is 2.47. The number of amides is 1. The summed E-state index contributed by atoms with van der Waals surface area (Å²) < 4.78 is 47.8. The smallest absolute Gasteiger partial charge is 0.410 e. The zero-order valence-corrected chi connectivity index (χ0v) is 17.6. The van der Waals surface area contributed by atoms with Crippen molar-refractivity contribution >= 4 is 11.7 Å². The van der Waals surface area contributed by atoms with Gasteiger partial charge in [0.25, 0.3) is 5.91 Å². The Morgan fingerprint density at radius 1 is 1.22 bits per heavy atom. The Morgan fingerprint density at radius 3 is 2.66 bits per heavy atom. The van der Waals surface area contributed by atoms with Crippen molar-refractivity contribution in [1.29, 1.82) is 0 Å². The van der Waals surface area contributed by atoms with Crippen LogP contribution in [0, 0.1) is 0 Å². The number of halogens is 3. The van der Waals surface area contributed by atoms with E-state index in [-0.39, 0.29) is 17.8 Å². The molecule has 1 N–H and O–H groups in total. The summed E-state index contributed by atoms with van der Waals surface area (Å²) in [5.41, 5.74) is 1.66. The molecule has 1 aliphatic heterocycles. The highest BCUT2D eigenvalue weighted by Crippen LogP contribution is 2.44. The minimum Gasteiger partial charge on any atom is -0.497 e. The van der Waals surface area contributed by atoms with Gasteiger partial charge in [-0.1, -0.05) is 42.5 Å². The van der Waals surface area contributed by atoms with Crippen LogP contribution in [-0.4, -0.2) is 40.9 Å². The van der Waals surface area contributed by atoms with Gasteiger partial charge in [-0.05, 0) is 23.3 Å². The van der Waals surface area contributed by atoms with Crippen molar-refractivity contribution in [1.82, 2.24) is 14.7 Å². The molecule has 0 saturated carbocycles. The van der Waals surface area contributed by atoms with E-state index in [0.29, 0.717) is 17.9 Å². The summed E-state index contributed by atoms with van der Waals surface area (Å²) in [6, 6.07) is 13.7. The van der Waals surface area contributed by atoms with E-state index in [9.17, 15) is 18.0 Å². The Balaban J connectivity index is 1.67. The van der Waals surface area contributed by atoms with Gasteiger partial charge in [0.1, 0.15) is 17.1 Å². The predicted octanol–water partition coefficient (Wildman–Crippen LogP) is 4.82. The number of carbonyl (C=O) groups is 1. The lowest BCUT2D eigenvalue weighted by Gasteiger charge is -2.34. The van der Waals surface area contributed by atoms with Crippen LogP contribution in [0.1, 0.15) is 40.0 Å². The largest absolute Gasteiger partial charge is 0.497 e. The Morgan fingerprint density at radius 2 is 1.97 bits per heavy atom. The van der Waals surface area contributed by atoms with Gasteiger partial charge in [-0.25, -0.2) is 4.68 Å². The van der Waals surface area contributed by atoms with Crippen LogP contribution in [0.2, 0.25) is 0 Å². The topological polar surface area (TPSA) is 59.4 Å². The van der Waals surface area contributed by atoms with Crippen LogP contribution in [0.15, 0.2) is 60.8 Å². The van der Waals surface area contributed by atoms with Crippen LogP contribution in [0.25, 0.3) is 0 Å². The molecular formula is C23H23F3N4O2. The highest BCUT2D eigenvalue weighted by atomic mass is 19.4. The average Bonchev–Trinajstić information content (AvgIpc) is 3.21. The molecule has 1 aromatic heterocycles. The van der Waals surface area contributed by atoms with Crippen LogP contribution in [0.4, 0.5) is 19.0 Å². The molecule has 3 aromatic rings. The van der Waals surface area contributed by atoms with E-state index in [0.717, 1.165) is 10.2 Å². The number of methoxy groups -OCH3 is 1. The summed E-state index contributed by atoms with van der Waals surface area (Å²) in [4.78, 5) is 14.6. The monoisotopic (exact) mass is 444 g/mol. The zero-order valence-electron chi connectivity index (χ0n) is 17.6. The van der Waals surface area contributed by atoms with Gasteiger partial charge in [0.05, 0.1) is 19.3 Å². The van der Waals surface area contributed by atoms with Crippen LogP contribution in [-0.2, 0) is 6.54 Å². The number of nitrogens with one attached hydrogen (secondary N) is 1. The average molecular weight is 444 g/mol. The third kappa shape index (κ3) is 4.28. The number of fused-ring (bicyclic) bond motifs is 1. The van der Waals surface area contributed by atoms with E-state index >= 15 is 0 Å². The number of aromatic nitrogens is 2. The fourth-order valence-electron chi connectivity index (χ4n) is 3.93. The minimum absolute atomic E-state index is 0.0660. The van der Waals surface area contributed by atoms with Crippen LogP contribution < -0.4 is 10.1 Å². The molecule has 0 radical (unpaired) electrons. The summed E-state index contributed by atoms with van der Waals surface area (Å²) in [6.07, 6.45) is -3.56. The lowest BCUT2D eigenvalue weighted by molar-refractivity contribution is -0.173. The van der Waals surface area contributed by atoms with E-state index in [1.165, 1.54) is 18.2 Å². The molecular weight excluding hydrogens is 421 g/mol. The van der Waals surface area contributed by atoms with Crippen molar-refractivity contribution in [2.24, 2.45) is 0 Å². The third-order valence-electron chi connectivity index (χ3n) is 5.57. The zero-order chi connectivity index (χ0) is 22.9. The first-order chi connectivity index (χ1) is 15.3. The van der Waals surface area contributed by atoms with Gasteiger partial charge in [0.2, 0.25) is 0 Å². The summed E-state index contributed by atoms with van der Waals surface area (Å²) >= 11 is 0. The number of hydrogen-bond donors (Lipinski definition) is 1. The molecule has 0 bridgehead atoms. The first-order valence-corrected chi connectivity index (χ1v) is 10.1. The second-order valence-electron chi connectivity index (χ2n) is 7.76. The van der Waals surface area contributed by atoms with Crippen molar-refractivity contribution in [2.75, 3.05) is 19.5 Å². The van der Waals surface area contributed by atoms with Gasteiger partial charge in [-0.2, -0.15) is 18.3 Å². The quantitative estimate of drug-likeness (QED) is 0.613. The molecule has 168 valence electrons. The Bertz CT molecular complexity index is 1100. The molecule has 0 aliphatic carbocycles. The van der Waals surface area contributed by atoms with Gasteiger partial charge in [0.15, 0.2) is 6.04 Å². The fraction of sp³-hybridized carbons (Fsp3) is 0.304. The summed E-state index contributed by atoms with van der Waals surface area (Å²) in [5, 5.41) is 7.05.